The average molecular weight is 410 g/mol. The van der Waals surface area contributed by atoms with Crippen LogP contribution >= 0.6 is 0 Å². The highest BCUT2D eigenvalue weighted by Crippen LogP contribution is 2.30. The summed E-state index contributed by atoms with van der Waals surface area (Å²) in [6, 6.07) is 5.05. The average Bonchev–Trinajstić information content (AvgIpc) is 2.70. The molecule has 2 fully saturated rings. The number of amides is 1. The van der Waals surface area contributed by atoms with Crippen molar-refractivity contribution in [1.29, 1.82) is 0 Å². The van der Waals surface area contributed by atoms with Crippen molar-refractivity contribution in [2.24, 2.45) is 0 Å². The van der Waals surface area contributed by atoms with Gasteiger partial charge in [0.25, 0.3) is 0 Å². The van der Waals surface area contributed by atoms with Gasteiger partial charge in [-0.1, -0.05) is 12.8 Å². The van der Waals surface area contributed by atoms with Gasteiger partial charge in [-0.25, -0.2) is 8.42 Å². The number of piperidine rings is 2. The Balaban J connectivity index is 1.76. The Labute approximate surface area is 168 Å². The Morgan fingerprint density at radius 3 is 2.54 bits per heavy atom. The molecular formula is C20H31N3O4S. The summed E-state index contributed by atoms with van der Waals surface area (Å²) in [4.78, 5) is 14.9. The zero-order valence-electron chi connectivity index (χ0n) is 16.8. The Bertz CT molecular complexity index is 791. The quantitative estimate of drug-likeness (QED) is 0.781. The smallest absolute Gasteiger partial charge is 0.243 e. The Hall–Kier alpha value is -1.64. The molecule has 1 aromatic rings. The third-order valence-electron chi connectivity index (χ3n) is 5.69. The molecule has 0 aliphatic carbocycles. The van der Waals surface area contributed by atoms with Crippen LogP contribution in [0.15, 0.2) is 23.1 Å². The SMILES string of the molecule is COc1ccc(S(=O)(=O)N2CCCCC2)cc1NC(=O)CN1CCCC[C@H]1C. The van der Waals surface area contributed by atoms with E-state index >= 15 is 0 Å². The highest BCUT2D eigenvalue weighted by Gasteiger charge is 2.27. The number of nitrogens with zero attached hydrogens (tertiary/aromatic N) is 2. The zero-order chi connectivity index (χ0) is 20.1. The zero-order valence-corrected chi connectivity index (χ0v) is 17.6. The number of benzene rings is 1. The van der Waals surface area contributed by atoms with E-state index in [-0.39, 0.29) is 10.8 Å². The van der Waals surface area contributed by atoms with E-state index in [0.717, 1.165) is 38.6 Å². The number of sulfonamides is 1. The molecular weight excluding hydrogens is 378 g/mol. The maximum Gasteiger partial charge on any atom is 0.243 e. The number of rotatable bonds is 6. The van der Waals surface area contributed by atoms with Crippen molar-refractivity contribution in [3.8, 4) is 5.75 Å². The number of ether oxygens (including phenoxy) is 1. The second kappa shape index (κ2) is 9.24. The summed E-state index contributed by atoms with van der Waals surface area (Å²) >= 11 is 0. The molecule has 1 aromatic carbocycles. The van der Waals surface area contributed by atoms with Gasteiger partial charge < -0.3 is 10.1 Å². The van der Waals surface area contributed by atoms with Crippen molar-refractivity contribution in [2.75, 3.05) is 38.6 Å². The van der Waals surface area contributed by atoms with Crippen LogP contribution in [-0.4, -0.2) is 62.9 Å². The standard InChI is InChI=1S/C20H31N3O4S/c1-16-8-4-7-11-22(16)15-20(24)21-18-14-17(9-10-19(18)27-2)28(25,26)23-12-5-3-6-13-23/h9-10,14,16H,3-8,11-13,15H2,1-2H3,(H,21,24)/t16-/m1/s1. The number of carbonyl (C=O) groups is 1. The van der Waals surface area contributed by atoms with Gasteiger partial charge in [0.05, 0.1) is 24.2 Å². The molecule has 1 atom stereocenters. The summed E-state index contributed by atoms with van der Waals surface area (Å²) < 4.78 is 32.8. The lowest BCUT2D eigenvalue weighted by atomic mass is 10.0. The lowest BCUT2D eigenvalue weighted by molar-refractivity contribution is -0.118. The van der Waals surface area contributed by atoms with E-state index in [9.17, 15) is 13.2 Å². The van der Waals surface area contributed by atoms with Crippen molar-refractivity contribution in [3.05, 3.63) is 18.2 Å². The van der Waals surface area contributed by atoms with E-state index in [4.69, 9.17) is 4.74 Å². The lowest BCUT2D eigenvalue weighted by Gasteiger charge is -2.32. The van der Waals surface area contributed by atoms with Crippen molar-refractivity contribution in [3.63, 3.8) is 0 Å². The van der Waals surface area contributed by atoms with Crippen LogP contribution in [0.1, 0.15) is 45.4 Å². The molecule has 0 unspecified atom stereocenters. The van der Waals surface area contributed by atoms with Crippen LogP contribution in [0.25, 0.3) is 0 Å². The first-order valence-electron chi connectivity index (χ1n) is 10.1. The molecule has 1 N–H and O–H groups in total. The summed E-state index contributed by atoms with van der Waals surface area (Å²) in [7, 11) is -2.05. The summed E-state index contributed by atoms with van der Waals surface area (Å²) in [5, 5.41) is 2.86. The van der Waals surface area contributed by atoms with Crippen LogP contribution < -0.4 is 10.1 Å². The maximum atomic E-state index is 12.9. The molecule has 0 spiro atoms. The first-order chi connectivity index (χ1) is 13.4. The number of hydrogen-bond acceptors (Lipinski definition) is 5. The van der Waals surface area contributed by atoms with Crippen molar-refractivity contribution < 1.29 is 17.9 Å². The highest BCUT2D eigenvalue weighted by molar-refractivity contribution is 7.89. The molecule has 3 rings (SSSR count). The first kappa shape index (κ1) is 21.1. The van der Waals surface area contributed by atoms with Crippen LogP contribution in [0, 0.1) is 0 Å². The second-order valence-electron chi connectivity index (χ2n) is 7.69. The topological polar surface area (TPSA) is 79.0 Å². The third kappa shape index (κ3) is 4.85. The van der Waals surface area contributed by atoms with E-state index in [1.54, 1.807) is 12.1 Å². The molecule has 0 bridgehead atoms. The summed E-state index contributed by atoms with van der Waals surface area (Å²) in [5.74, 6) is 0.303. The summed E-state index contributed by atoms with van der Waals surface area (Å²) in [5.41, 5.74) is 0.398. The number of methoxy groups -OCH3 is 1. The molecule has 1 amide bonds. The predicted octanol–water partition coefficient (Wildman–Crippen LogP) is 2.68. The number of hydrogen-bond donors (Lipinski definition) is 1. The van der Waals surface area contributed by atoms with E-state index < -0.39 is 10.0 Å². The summed E-state index contributed by atoms with van der Waals surface area (Å²) in [6.07, 6.45) is 6.22. The van der Waals surface area contributed by atoms with E-state index in [2.05, 4.69) is 17.1 Å². The highest BCUT2D eigenvalue weighted by atomic mass is 32.2. The molecule has 7 nitrogen and oxygen atoms in total. The van der Waals surface area contributed by atoms with Gasteiger partial charge in [0, 0.05) is 19.1 Å². The molecule has 8 heteroatoms. The minimum absolute atomic E-state index is 0.153. The van der Waals surface area contributed by atoms with Gasteiger partial charge in [0.2, 0.25) is 15.9 Å². The fourth-order valence-corrected chi connectivity index (χ4v) is 5.51. The van der Waals surface area contributed by atoms with E-state index in [1.165, 1.54) is 23.9 Å². The van der Waals surface area contributed by atoms with Crippen molar-refractivity contribution in [1.82, 2.24) is 9.21 Å². The van der Waals surface area contributed by atoms with Crippen molar-refractivity contribution >= 4 is 21.6 Å². The lowest BCUT2D eigenvalue weighted by Crippen LogP contribution is -2.42. The van der Waals surface area contributed by atoms with Gasteiger partial charge in [-0.05, 0) is 57.4 Å². The Morgan fingerprint density at radius 2 is 1.86 bits per heavy atom. The molecule has 28 heavy (non-hydrogen) atoms. The fraction of sp³-hybridized carbons (Fsp3) is 0.650. The van der Waals surface area contributed by atoms with Crippen LogP contribution in [0.4, 0.5) is 5.69 Å². The number of likely N-dealkylation sites (tertiary alicyclic amines) is 1. The predicted molar refractivity (Wildman–Crippen MR) is 109 cm³/mol. The van der Waals surface area contributed by atoms with Crippen LogP contribution in [-0.2, 0) is 14.8 Å². The molecule has 0 saturated carbocycles. The maximum absolute atomic E-state index is 12.9. The molecule has 2 saturated heterocycles. The van der Waals surface area contributed by atoms with Gasteiger partial charge in [0.1, 0.15) is 5.75 Å². The molecule has 156 valence electrons. The van der Waals surface area contributed by atoms with E-state index in [1.807, 2.05) is 0 Å². The van der Waals surface area contributed by atoms with E-state index in [0.29, 0.717) is 37.1 Å². The van der Waals surface area contributed by atoms with Gasteiger partial charge >= 0.3 is 0 Å². The van der Waals surface area contributed by atoms with Gasteiger partial charge in [0.15, 0.2) is 0 Å². The van der Waals surface area contributed by atoms with Gasteiger partial charge in [-0.15, -0.1) is 0 Å². The van der Waals surface area contributed by atoms with Crippen LogP contribution in [0.3, 0.4) is 0 Å². The number of nitrogens with one attached hydrogen (secondary N) is 1. The third-order valence-corrected chi connectivity index (χ3v) is 7.58. The first-order valence-corrected chi connectivity index (χ1v) is 11.6. The fourth-order valence-electron chi connectivity index (χ4n) is 3.97. The molecule has 0 radical (unpaired) electrons. The summed E-state index contributed by atoms with van der Waals surface area (Å²) in [6.45, 7) is 4.44. The Kier molecular flexibility index (Phi) is 6.95. The number of anilines is 1. The second-order valence-corrected chi connectivity index (χ2v) is 9.63. The molecule has 2 heterocycles. The minimum atomic E-state index is -3.57. The van der Waals surface area contributed by atoms with Gasteiger partial charge in [-0.3, -0.25) is 9.69 Å². The Morgan fingerprint density at radius 1 is 1.14 bits per heavy atom. The van der Waals surface area contributed by atoms with Gasteiger partial charge in [-0.2, -0.15) is 4.31 Å². The van der Waals surface area contributed by atoms with Crippen molar-refractivity contribution in [2.45, 2.75) is 56.4 Å². The largest absolute Gasteiger partial charge is 0.495 e. The molecule has 0 aromatic heterocycles. The monoisotopic (exact) mass is 409 g/mol. The van der Waals surface area contributed by atoms with Crippen LogP contribution in [0.2, 0.25) is 0 Å². The van der Waals surface area contributed by atoms with Crippen LogP contribution in [0.5, 0.6) is 5.75 Å². The normalized spacial score (nSPS) is 22.0. The minimum Gasteiger partial charge on any atom is -0.495 e. The molecule has 2 aliphatic rings. The molecule has 2 aliphatic heterocycles. The number of carbonyl (C=O) groups excluding carboxylic acids is 1.